The lowest BCUT2D eigenvalue weighted by Crippen LogP contribution is -2.40. The molecule has 2 aromatic carbocycles. The molecule has 0 fully saturated rings. The molecule has 0 aliphatic carbocycles. The molecule has 32 heavy (non-hydrogen) atoms. The molecule has 0 unspecified atom stereocenters. The fraction of sp³-hybridized carbons (Fsp3) is 0.160. The molecular weight excluding hydrogens is 406 g/mol. The summed E-state index contributed by atoms with van der Waals surface area (Å²) in [5.41, 5.74) is 1.99. The number of hydrogen-bond acceptors (Lipinski definition) is 5. The first-order valence-corrected chi connectivity index (χ1v) is 10.1. The van der Waals surface area contributed by atoms with Gasteiger partial charge in [-0.05, 0) is 47.5 Å². The lowest BCUT2D eigenvalue weighted by molar-refractivity contribution is 0.414. The molecule has 0 aliphatic rings. The number of aromatic nitrogens is 3. The Hall–Kier alpha value is -4.13. The van der Waals surface area contributed by atoms with Crippen LogP contribution in [0.2, 0.25) is 0 Å². The van der Waals surface area contributed by atoms with E-state index < -0.39 is 5.69 Å². The van der Waals surface area contributed by atoms with E-state index in [-0.39, 0.29) is 18.6 Å². The third kappa shape index (κ3) is 4.46. The molecule has 7 heteroatoms. The Kier molecular flexibility index (Phi) is 6.17. The SMILES string of the molecule is COc1ccc(Cn2c(-c3ccccn3)cc(=O)n(Cc3ccc(OC)cc3)c2=O)cc1. The third-order valence-electron chi connectivity index (χ3n) is 5.21. The third-order valence-corrected chi connectivity index (χ3v) is 5.21. The molecule has 7 nitrogen and oxygen atoms in total. The second-order valence-corrected chi connectivity index (χ2v) is 7.23. The quantitative estimate of drug-likeness (QED) is 0.451. The second-order valence-electron chi connectivity index (χ2n) is 7.23. The normalized spacial score (nSPS) is 10.7. The van der Waals surface area contributed by atoms with Crippen molar-refractivity contribution in [2.24, 2.45) is 0 Å². The molecule has 0 bridgehead atoms. The number of pyridine rings is 1. The summed E-state index contributed by atoms with van der Waals surface area (Å²) in [6, 6.07) is 21.6. The molecule has 0 atom stereocenters. The van der Waals surface area contributed by atoms with Crippen molar-refractivity contribution < 1.29 is 9.47 Å². The molecule has 2 heterocycles. The van der Waals surface area contributed by atoms with Gasteiger partial charge < -0.3 is 9.47 Å². The zero-order chi connectivity index (χ0) is 22.5. The molecule has 0 radical (unpaired) electrons. The van der Waals surface area contributed by atoms with Gasteiger partial charge in [-0.2, -0.15) is 0 Å². The molecule has 0 amide bonds. The number of ether oxygens (including phenoxy) is 2. The standard InChI is InChI=1S/C25H23N3O4/c1-31-20-10-6-18(7-11-20)16-27-23(22-5-3-4-14-26-22)15-24(29)28(25(27)30)17-19-8-12-21(32-2)13-9-19/h3-15H,16-17H2,1-2H3. The van der Waals surface area contributed by atoms with Crippen LogP contribution in [-0.2, 0) is 13.1 Å². The summed E-state index contributed by atoms with van der Waals surface area (Å²) < 4.78 is 13.2. The summed E-state index contributed by atoms with van der Waals surface area (Å²) in [5, 5.41) is 0. The number of rotatable bonds is 7. The van der Waals surface area contributed by atoms with Gasteiger partial charge in [0.15, 0.2) is 0 Å². The van der Waals surface area contributed by atoms with Crippen molar-refractivity contribution in [2.45, 2.75) is 13.1 Å². The van der Waals surface area contributed by atoms with E-state index >= 15 is 0 Å². The molecule has 4 rings (SSSR count). The summed E-state index contributed by atoms with van der Waals surface area (Å²) in [4.78, 5) is 30.8. The van der Waals surface area contributed by atoms with Gasteiger partial charge in [-0.3, -0.25) is 18.9 Å². The number of benzene rings is 2. The highest BCUT2D eigenvalue weighted by molar-refractivity contribution is 5.54. The Morgan fingerprint density at radius 3 is 1.81 bits per heavy atom. The zero-order valence-corrected chi connectivity index (χ0v) is 17.9. The fourth-order valence-electron chi connectivity index (χ4n) is 3.47. The molecular formula is C25H23N3O4. The highest BCUT2D eigenvalue weighted by Crippen LogP contribution is 2.17. The van der Waals surface area contributed by atoms with E-state index in [1.54, 1.807) is 49.2 Å². The number of nitrogens with zero attached hydrogens (tertiary/aromatic N) is 3. The van der Waals surface area contributed by atoms with Gasteiger partial charge in [0, 0.05) is 12.3 Å². The van der Waals surface area contributed by atoms with Crippen LogP contribution in [0, 0.1) is 0 Å². The topological polar surface area (TPSA) is 75.3 Å². The predicted molar refractivity (Wildman–Crippen MR) is 122 cm³/mol. The largest absolute Gasteiger partial charge is 0.497 e. The maximum absolute atomic E-state index is 13.5. The van der Waals surface area contributed by atoms with Gasteiger partial charge in [-0.15, -0.1) is 0 Å². The molecule has 0 saturated carbocycles. The van der Waals surface area contributed by atoms with E-state index in [9.17, 15) is 9.59 Å². The highest BCUT2D eigenvalue weighted by atomic mass is 16.5. The Bertz CT molecular complexity index is 1310. The van der Waals surface area contributed by atoms with Crippen molar-refractivity contribution >= 4 is 0 Å². The fourth-order valence-corrected chi connectivity index (χ4v) is 3.47. The van der Waals surface area contributed by atoms with Crippen LogP contribution < -0.4 is 20.7 Å². The van der Waals surface area contributed by atoms with Crippen LogP contribution >= 0.6 is 0 Å². The van der Waals surface area contributed by atoms with Crippen LogP contribution in [0.25, 0.3) is 11.4 Å². The lowest BCUT2D eigenvalue weighted by Gasteiger charge is -2.16. The minimum Gasteiger partial charge on any atom is -0.497 e. The summed E-state index contributed by atoms with van der Waals surface area (Å²) in [6.07, 6.45) is 1.64. The summed E-state index contributed by atoms with van der Waals surface area (Å²) >= 11 is 0. The van der Waals surface area contributed by atoms with Gasteiger partial charge >= 0.3 is 5.69 Å². The Morgan fingerprint density at radius 1 is 0.750 bits per heavy atom. The molecule has 0 aliphatic heterocycles. The van der Waals surface area contributed by atoms with E-state index in [1.165, 1.54) is 10.6 Å². The van der Waals surface area contributed by atoms with Gasteiger partial charge in [0.1, 0.15) is 11.5 Å². The van der Waals surface area contributed by atoms with Gasteiger partial charge in [-0.1, -0.05) is 30.3 Å². The van der Waals surface area contributed by atoms with Crippen LogP contribution in [0.1, 0.15) is 11.1 Å². The molecule has 2 aromatic heterocycles. The highest BCUT2D eigenvalue weighted by Gasteiger charge is 2.15. The minimum absolute atomic E-state index is 0.159. The van der Waals surface area contributed by atoms with Crippen molar-refractivity contribution in [3.63, 3.8) is 0 Å². The first kappa shape index (κ1) is 21.1. The van der Waals surface area contributed by atoms with Gasteiger partial charge in [-0.25, -0.2) is 4.79 Å². The van der Waals surface area contributed by atoms with Crippen molar-refractivity contribution in [3.8, 4) is 22.9 Å². The summed E-state index contributed by atoms with van der Waals surface area (Å²) in [5.74, 6) is 1.44. The first-order chi connectivity index (χ1) is 15.6. The Labute approximate surface area is 185 Å². The number of methoxy groups -OCH3 is 2. The molecule has 0 saturated heterocycles. The average molecular weight is 429 g/mol. The van der Waals surface area contributed by atoms with Crippen LogP contribution in [-0.4, -0.2) is 28.3 Å². The van der Waals surface area contributed by atoms with E-state index in [1.807, 2.05) is 42.5 Å². The lowest BCUT2D eigenvalue weighted by atomic mass is 10.2. The van der Waals surface area contributed by atoms with Crippen LogP contribution in [0.5, 0.6) is 11.5 Å². The second kappa shape index (κ2) is 9.34. The summed E-state index contributed by atoms with van der Waals surface area (Å²) in [6.45, 7) is 0.449. The maximum Gasteiger partial charge on any atom is 0.332 e. The molecule has 162 valence electrons. The zero-order valence-electron chi connectivity index (χ0n) is 17.9. The maximum atomic E-state index is 13.5. The monoisotopic (exact) mass is 429 g/mol. The number of hydrogen-bond donors (Lipinski definition) is 0. The van der Waals surface area contributed by atoms with E-state index in [2.05, 4.69) is 4.98 Å². The Morgan fingerprint density at radius 2 is 1.31 bits per heavy atom. The Balaban J connectivity index is 1.80. The molecule has 4 aromatic rings. The van der Waals surface area contributed by atoms with E-state index in [4.69, 9.17) is 9.47 Å². The molecule has 0 spiro atoms. The van der Waals surface area contributed by atoms with E-state index in [0.29, 0.717) is 17.1 Å². The smallest absolute Gasteiger partial charge is 0.332 e. The predicted octanol–water partition coefficient (Wildman–Crippen LogP) is 3.19. The summed E-state index contributed by atoms with van der Waals surface area (Å²) in [7, 11) is 3.20. The van der Waals surface area contributed by atoms with Gasteiger partial charge in [0.2, 0.25) is 0 Å². The van der Waals surface area contributed by atoms with Crippen molar-refractivity contribution in [1.82, 2.24) is 14.1 Å². The van der Waals surface area contributed by atoms with Crippen molar-refractivity contribution in [1.29, 1.82) is 0 Å². The van der Waals surface area contributed by atoms with E-state index in [0.717, 1.165) is 16.9 Å². The van der Waals surface area contributed by atoms with Crippen molar-refractivity contribution in [2.75, 3.05) is 14.2 Å². The van der Waals surface area contributed by atoms with Crippen LogP contribution in [0.3, 0.4) is 0 Å². The average Bonchev–Trinajstić information content (AvgIpc) is 2.84. The minimum atomic E-state index is -0.398. The van der Waals surface area contributed by atoms with Crippen LogP contribution in [0.4, 0.5) is 0 Å². The first-order valence-electron chi connectivity index (χ1n) is 10.1. The molecule has 0 N–H and O–H groups in total. The van der Waals surface area contributed by atoms with Gasteiger partial charge in [0.25, 0.3) is 5.56 Å². The van der Waals surface area contributed by atoms with Crippen molar-refractivity contribution in [3.05, 3.63) is 111 Å². The van der Waals surface area contributed by atoms with Gasteiger partial charge in [0.05, 0.1) is 38.7 Å². The van der Waals surface area contributed by atoms with Crippen LogP contribution in [0.15, 0.2) is 88.6 Å².